The number of aromatic nitrogens is 2. The zero-order valence-corrected chi connectivity index (χ0v) is 13.7. The third-order valence-corrected chi connectivity index (χ3v) is 3.84. The van der Waals surface area contributed by atoms with Crippen molar-refractivity contribution in [2.24, 2.45) is 5.92 Å². The molecule has 1 rings (SSSR count). The van der Waals surface area contributed by atoms with Crippen LogP contribution in [0.25, 0.3) is 0 Å². The molecule has 19 heavy (non-hydrogen) atoms. The minimum atomic E-state index is -0.0946. The van der Waals surface area contributed by atoms with Gasteiger partial charge in [-0.2, -0.15) is 0 Å². The molecule has 0 radical (unpaired) electrons. The smallest absolute Gasteiger partial charge is 0.137 e. The van der Waals surface area contributed by atoms with Crippen molar-refractivity contribution in [2.75, 3.05) is 11.9 Å². The van der Waals surface area contributed by atoms with Crippen LogP contribution in [0.4, 0.5) is 5.82 Å². The molecule has 0 bridgehead atoms. The lowest BCUT2D eigenvalue weighted by molar-refractivity contribution is 0.516. The lowest BCUT2D eigenvalue weighted by Gasteiger charge is -2.20. The van der Waals surface area contributed by atoms with Gasteiger partial charge >= 0.3 is 0 Å². The van der Waals surface area contributed by atoms with Crippen LogP contribution < -0.4 is 5.32 Å². The molecular weight excluding hydrogens is 258 g/mol. The van der Waals surface area contributed by atoms with Crippen LogP contribution >= 0.6 is 11.6 Å². The molecule has 1 heterocycles. The molecule has 0 fully saturated rings. The molecule has 0 aromatic carbocycles. The Morgan fingerprint density at radius 3 is 2.21 bits per heavy atom. The van der Waals surface area contributed by atoms with Gasteiger partial charge in [-0.15, -0.1) is 0 Å². The first kappa shape index (κ1) is 16.2. The number of hydrogen-bond acceptors (Lipinski definition) is 3. The predicted molar refractivity (Wildman–Crippen MR) is 83.0 cm³/mol. The van der Waals surface area contributed by atoms with Crippen LogP contribution in [0.5, 0.6) is 0 Å². The van der Waals surface area contributed by atoms with Crippen molar-refractivity contribution < 1.29 is 0 Å². The van der Waals surface area contributed by atoms with Gasteiger partial charge in [-0.25, -0.2) is 9.97 Å². The summed E-state index contributed by atoms with van der Waals surface area (Å²) in [4.78, 5) is 9.02. The quantitative estimate of drug-likeness (QED) is 0.804. The third kappa shape index (κ3) is 4.34. The van der Waals surface area contributed by atoms with Gasteiger partial charge in [0, 0.05) is 17.5 Å². The van der Waals surface area contributed by atoms with Crippen molar-refractivity contribution in [1.82, 2.24) is 9.97 Å². The molecule has 0 aliphatic carbocycles. The van der Waals surface area contributed by atoms with E-state index in [1.165, 1.54) is 12.8 Å². The monoisotopic (exact) mass is 283 g/mol. The maximum Gasteiger partial charge on any atom is 0.137 e. The molecule has 0 saturated carbocycles. The first-order chi connectivity index (χ1) is 8.79. The van der Waals surface area contributed by atoms with E-state index in [4.69, 9.17) is 11.6 Å². The molecule has 3 nitrogen and oxygen atoms in total. The average Bonchev–Trinajstić information content (AvgIpc) is 2.33. The topological polar surface area (TPSA) is 37.8 Å². The Kier molecular flexibility index (Phi) is 5.60. The van der Waals surface area contributed by atoms with Gasteiger partial charge in [-0.05, 0) is 12.8 Å². The number of anilines is 1. The summed E-state index contributed by atoms with van der Waals surface area (Å²) in [6.07, 6.45) is 2.35. The highest BCUT2D eigenvalue weighted by atomic mass is 35.5. The van der Waals surface area contributed by atoms with Gasteiger partial charge in [0.2, 0.25) is 0 Å². The molecule has 0 saturated heterocycles. The predicted octanol–water partition coefficient (Wildman–Crippen LogP) is 4.58. The van der Waals surface area contributed by atoms with E-state index in [0.717, 1.165) is 23.8 Å². The first-order valence-electron chi connectivity index (χ1n) is 7.08. The Morgan fingerprint density at radius 2 is 1.74 bits per heavy atom. The van der Waals surface area contributed by atoms with Crippen LogP contribution in [0.3, 0.4) is 0 Å². The number of halogens is 1. The number of rotatable bonds is 5. The summed E-state index contributed by atoms with van der Waals surface area (Å²) in [6, 6.07) is 0. The van der Waals surface area contributed by atoms with E-state index in [0.29, 0.717) is 11.1 Å². The summed E-state index contributed by atoms with van der Waals surface area (Å²) in [5.74, 6) is 2.33. The highest BCUT2D eigenvalue weighted by molar-refractivity contribution is 6.30. The maximum absolute atomic E-state index is 6.22. The van der Waals surface area contributed by atoms with Gasteiger partial charge < -0.3 is 5.32 Å². The molecule has 1 aromatic rings. The average molecular weight is 284 g/mol. The molecule has 0 amide bonds. The summed E-state index contributed by atoms with van der Waals surface area (Å²) in [5.41, 5.74) is 0.837. The van der Waals surface area contributed by atoms with Crippen molar-refractivity contribution in [3.8, 4) is 0 Å². The molecular formula is C15H26ClN3. The van der Waals surface area contributed by atoms with Gasteiger partial charge in [0.15, 0.2) is 0 Å². The van der Waals surface area contributed by atoms with Crippen molar-refractivity contribution >= 4 is 17.4 Å². The number of hydrogen-bond donors (Lipinski definition) is 1. The standard InChI is InChI=1S/C15H26ClN3/c1-7-11(8-2)9-17-13-10(3)12(16)18-14(19-13)15(4,5)6/h11H,7-9H2,1-6H3,(H,17,18,19). The molecule has 0 aliphatic heterocycles. The molecule has 108 valence electrons. The van der Waals surface area contributed by atoms with Gasteiger partial charge in [0.25, 0.3) is 0 Å². The Morgan fingerprint density at radius 1 is 1.16 bits per heavy atom. The van der Waals surface area contributed by atoms with E-state index in [1.807, 2.05) is 6.92 Å². The molecule has 0 spiro atoms. The second kappa shape index (κ2) is 6.56. The van der Waals surface area contributed by atoms with Crippen molar-refractivity contribution in [1.29, 1.82) is 0 Å². The molecule has 0 atom stereocenters. The van der Waals surface area contributed by atoms with E-state index < -0.39 is 0 Å². The maximum atomic E-state index is 6.22. The summed E-state index contributed by atoms with van der Waals surface area (Å²) in [7, 11) is 0. The SMILES string of the molecule is CCC(CC)CNc1nc(C(C)(C)C)nc(Cl)c1C. The van der Waals surface area contributed by atoms with Crippen LogP contribution in [0.15, 0.2) is 0 Å². The van der Waals surface area contributed by atoms with Crippen LogP contribution in [0.1, 0.15) is 58.8 Å². The second-order valence-corrected chi connectivity index (χ2v) is 6.48. The fourth-order valence-corrected chi connectivity index (χ4v) is 1.98. The second-order valence-electron chi connectivity index (χ2n) is 6.13. The normalized spacial score (nSPS) is 12.0. The highest BCUT2D eigenvalue weighted by Gasteiger charge is 2.20. The Labute approximate surface area is 122 Å². The number of nitrogens with one attached hydrogen (secondary N) is 1. The largest absolute Gasteiger partial charge is 0.369 e. The molecule has 0 unspecified atom stereocenters. The van der Waals surface area contributed by atoms with E-state index >= 15 is 0 Å². The summed E-state index contributed by atoms with van der Waals surface area (Å²) in [5, 5.41) is 3.98. The van der Waals surface area contributed by atoms with E-state index in [-0.39, 0.29) is 5.41 Å². The van der Waals surface area contributed by atoms with Crippen LogP contribution in [-0.2, 0) is 5.41 Å². The fourth-order valence-electron chi connectivity index (χ4n) is 1.82. The zero-order valence-electron chi connectivity index (χ0n) is 13.0. The van der Waals surface area contributed by atoms with E-state index in [1.54, 1.807) is 0 Å². The highest BCUT2D eigenvalue weighted by Crippen LogP contribution is 2.26. The fraction of sp³-hybridized carbons (Fsp3) is 0.733. The van der Waals surface area contributed by atoms with Crippen molar-refractivity contribution in [2.45, 2.75) is 59.8 Å². The molecule has 0 aliphatic rings. The summed E-state index contributed by atoms with van der Waals surface area (Å²) < 4.78 is 0. The van der Waals surface area contributed by atoms with E-state index in [2.05, 4.69) is 49.9 Å². The summed E-state index contributed by atoms with van der Waals surface area (Å²) in [6.45, 7) is 13.6. The Balaban J connectivity index is 2.97. The van der Waals surface area contributed by atoms with Crippen LogP contribution in [0.2, 0.25) is 5.15 Å². The third-order valence-electron chi connectivity index (χ3n) is 3.47. The summed E-state index contributed by atoms with van der Waals surface area (Å²) >= 11 is 6.22. The lowest BCUT2D eigenvalue weighted by atomic mass is 9.95. The Bertz CT molecular complexity index is 420. The van der Waals surface area contributed by atoms with Gasteiger partial charge in [-0.1, -0.05) is 59.1 Å². The van der Waals surface area contributed by atoms with Crippen molar-refractivity contribution in [3.63, 3.8) is 0 Å². The lowest BCUT2D eigenvalue weighted by Crippen LogP contribution is -2.20. The van der Waals surface area contributed by atoms with Gasteiger partial charge in [-0.3, -0.25) is 0 Å². The van der Waals surface area contributed by atoms with Crippen LogP contribution in [-0.4, -0.2) is 16.5 Å². The minimum Gasteiger partial charge on any atom is -0.369 e. The molecule has 1 N–H and O–H groups in total. The first-order valence-corrected chi connectivity index (χ1v) is 7.45. The Hall–Kier alpha value is -0.830. The van der Waals surface area contributed by atoms with Crippen molar-refractivity contribution in [3.05, 3.63) is 16.5 Å². The zero-order chi connectivity index (χ0) is 14.6. The minimum absolute atomic E-state index is 0.0946. The van der Waals surface area contributed by atoms with Gasteiger partial charge in [0.1, 0.15) is 16.8 Å². The molecule has 4 heteroatoms. The van der Waals surface area contributed by atoms with E-state index in [9.17, 15) is 0 Å². The van der Waals surface area contributed by atoms with Gasteiger partial charge in [0.05, 0.1) is 0 Å². The van der Waals surface area contributed by atoms with Crippen LogP contribution in [0, 0.1) is 12.8 Å². The number of nitrogens with zero attached hydrogens (tertiary/aromatic N) is 2. The molecule has 1 aromatic heterocycles.